The van der Waals surface area contributed by atoms with E-state index in [0.717, 1.165) is 28.2 Å². The fourth-order valence-electron chi connectivity index (χ4n) is 4.07. The lowest BCUT2D eigenvalue weighted by atomic mass is 10.1. The van der Waals surface area contributed by atoms with Gasteiger partial charge in [-0.05, 0) is 48.4 Å². The predicted octanol–water partition coefficient (Wildman–Crippen LogP) is 5.50. The summed E-state index contributed by atoms with van der Waals surface area (Å²) in [6, 6.07) is 23.2. The van der Waals surface area contributed by atoms with Crippen LogP contribution < -0.4 is 9.64 Å². The van der Waals surface area contributed by atoms with Crippen LogP contribution in [-0.4, -0.2) is 30.1 Å². The maximum absolute atomic E-state index is 13.1. The molecule has 1 atom stereocenters. The zero-order valence-corrected chi connectivity index (χ0v) is 20.2. The first-order valence-corrected chi connectivity index (χ1v) is 12.2. The molecule has 0 fully saturated rings. The SMILES string of the molecule is COC(=O)c1ccc(CN2C(=O)C(C)Oc3ccc(-c4csc(Cc5ccccc5)n4)cc32)cc1. The second-order valence-corrected chi connectivity index (χ2v) is 9.29. The number of amides is 1. The molecule has 4 aromatic rings. The standard InChI is InChI=1S/C28H24N2O4S/c1-18-27(31)30(16-20-8-10-21(11-9-20)28(32)33-2)24-15-22(12-13-25(24)34-18)23-17-35-26(29-23)14-19-6-4-3-5-7-19/h3-13,15,17-18H,14,16H2,1-2H3. The molecule has 0 radical (unpaired) electrons. The van der Waals surface area contributed by atoms with Crippen molar-refractivity contribution in [2.75, 3.05) is 12.0 Å². The third kappa shape index (κ3) is 4.81. The minimum atomic E-state index is -0.584. The molecule has 0 spiro atoms. The molecule has 1 amide bonds. The van der Waals surface area contributed by atoms with Gasteiger partial charge in [-0.3, -0.25) is 4.79 Å². The van der Waals surface area contributed by atoms with E-state index in [-0.39, 0.29) is 5.91 Å². The lowest BCUT2D eigenvalue weighted by Crippen LogP contribution is -2.44. The summed E-state index contributed by atoms with van der Waals surface area (Å²) in [5.74, 6) is 0.152. The first kappa shape index (κ1) is 22.8. The van der Waals surface area contributed by atoms with Gasteiger partial charge in [0, 0.05) is 17.4 Å². The van der Waals surface area contributed by atoms with E-state index < -0.39 is 12.1 Å². The van der Waals surface area contributed by atoms with Crippen LogP contribution in [0, 0.1) is 0 Å². The summed E-state index contributed by atoms with van der Waals surface area (Å²) in [7, 11) is 1.35. The van der Waals surface area contributed by atoms with Crippen molar-refractivity contribution < 1.29 is 19.1 Å². The highest BCUT2D eigenvalue weighted by Gasteiger charge is 2.32. The number of anilines is 1. The fourth-order valence-corrected chi connectivity index (χ4v) is 4.91. The Balaban J connectivity index is 1.42. The van der Waals surface area contributed by atoms with Crippen molar-refractivity contribution >= 4 is 28.9 Å². The Kier molecular flexibility index (Phi) is 6.33. The monoisotopic (exact) mass is 484 g/mol. The predicted molar refractivity (Wildman–Crippen MR) is 136 cm³/mol. The zero-order valence-electron chi connectivity index (χ0n) is 19.4. The van der Waals surface area contributed by atoms with E-state index in [1.165, 1.54) is 12.7 Å². The number of carbonyl (C=O) groups excluding carboxylic acids is 2. The number of ether oxygens (including phenoxy) is 2. The summed E-state index contributed by atoms with van der Waals surface area (Å²) in [5, 5.41) is 3.08. The maximum Gasteiger partial charge on any atom is 0.337 e. The van der Waals surface area contributed by atoms with E-state index in [9.17, 15) is 9.59 Å². The van der Waals surface area contributed by atoms with Gasteiger partial charge >= 0.3 is 5.97 Å². The van der Waals surface area contributed by atoms with Crippen LogP contribution in [0.3, 0.4) is 0 Å². The Morgan fingerprint density at radius 1 is 1.06 bits per heavy atom. The number of hydrogen-bond donors (Lipinski definition) is 0. The van der Waals surface area contributed by atoms with E-state index in [1.54, 1.807) is 35.3 Å². The third-order valence-electron chi connectivity index (χ3n) is 5.93. The van der Waals surface area contributed by atoms with Gasteiger partial charge in [0.2, 0.25) is 0 Å². The fraction of sp³-hybridized carbons (Fsp3) is 0.179. The molecule has 0 aliphatic carbocycles. The van der Waals surface area contributed by atoms with Gasteiger partial charge in [-0.1, -0.05) is 42.5 Å². The van der Waals surface area contributed by atoms with Crippen molar-refractivity contribution in [1.82, 2.24) is 4.98 Å². The second kappa shape index (κ2) is 9.72. The number of aromatic nitrogens is 1. The smallest absolute Gasteiger partial charge is 0.337 e. The van der Waals surface area contributed by atoms with Crippen molar-refractivity contribution in [2.45, 2.75) is 26.0 Å². The topological polar surface area (TPSA) is 68.7 Å². The molecule has 1 aliphatic rings. The zero-order chi connectivity index (χ0) is 24.4. The lowest BCUT2D eigenvalue weighted by molar-refractivity contribution is -0.125. The van der Waals surface area contributed by atoms with Crippen LogP contribution in [0.25, 0.3) is 11.3 Å². The van der Waals surface area contributed by atoms with Crippen LogP contribution in [0.1, 0.15) is 33.4 Å². The number of carbonyl (C=O) groups is 2. The van der Waals surface area contributed by atoms with Crippen molar-refractivity contribution in [3.8, 4) is 17.0 Å². The molecular formula is C28H24N2O4S. The minimum Gasteiger partial charge on any atom is -0.479 e. The van der Waals surface area contributed by atoms with Crippen molar-refractivity contribution in [1.29, 1.82) is 0 Å². The lowest BCUT2D eigenvalue weighted by Gasteiger charge is -2.33. The Bertz CT molecular complexity index is 1370. The molecule has 0 N–H and O–H groups in total. The largest absolute Gasteiger partial charge is 0.479 e. The Hall–Kier alpha value is -3.97. The van der Waals surface area contributed by atoms with Crippen LogP contribution in [0.15, 0.2) is 78.2 Å². The summed E-state index contributed by atoms with van der Waals surface area (Å²) >= 11 is 1.63. The van der Waals surface area contributed by atoms with E-state index in [2.05, 4.69) is 12.1 Å². The molecule has 176 valence electrons. The van der Waals surface area contributed by atoms with Crippen molar-refractivity contribution in [3.63, 3.8) is 0 Å². The number of methoxy groups -OCH3 is 1. The van der Waals surface area contributed by atoms with Gasteiger partial charge in [-0.25, -0.2) is 9.78 Å². The average Bonchev–Trinajstić information content (AvgIpc) is 3.35. The minimum absolute atomic E-state index is 0.116. The third-order valence-corrected chi connectivity index (χ3v) is 6.78. The van der Waals surface area contributed by atoms with Gasteiger partial charge in [0.25, 0.3) is 5.91 Å². The molecule has 0 saturated heterocycles. The molecule has 35 heavy (non-hydrogen) atoms. The van der Waals surface area contributed by atoms with Crippen LogP contribution in [-0.2, 0) is 22.5 Å². The molecule has 5 rings (SSSR count). The average molecular weight is 485 g/mol. The normalized spacial score (nSPS) is 14.9. The van der Waals surface area contributed by atoms with Gasteiger partial charge in [-0.15, -0.1) is 11.3 Å². The summed E-state index contributed by atoms with van der Waals surface area (Å²) in [6.45, 7) is 2.11. The molecule has 1 aromatic heterocycles. The van der Waals surface area contributed by atoms with Crippen LogP contribution in [0.5, 0.6) is 5.75 Å². The maximum atomic E-state index is 13.1. The number of benzene rings is 3. The number of esters is 1. The van der Waals surface area contributed by atoms with Gasteiger partial charge in [0.1, 0.15) is 5.75 Å². The number of nitrogens with zero attached hydrogens (tertiary/aromatic N) is 2. The Morgan fingerprint density at radius 2 is 1.83 bits per heavy atom. The second-order valence-electron chi connectivity index (χ2n) is 8.34. The van der Waals surface area contributed by atoms with Gasteiger partial charge in [-0.2, -0.15) is 0 Å². The molecular weight excluding hydrogens is 460 g/mol. The van der Waals surface area contributed by atoms with Crippen LogP contribution in [0.4, 0.5) is 5.69 Å². The summed E-state index contributed by atoms with van der Waals surface area (Å²) in [4.78, 5) is 31.4. The molecule has 6 nitrogen and oxygen atoms in total. The number of rotatable bonds is 6. The first-order valence-electron chi connectivity index (χ1n) is 11.3. The van der Waals surface area contributed by atoms with Gasteiger partial charge in [0.15, 0.2) is 6.10 Å². The van der Waals surface area contributed by atoms with E-state index in [0.29, 0.717) is 23.5 Å². The Labute approximate surface area is 207 Å². The van der Waals surface area contributed by atoms with Crippen molar-refractivity contribution in [2.24, 2.45) is 0 Å². The molecule has 0 bridgehead atoms. The highest BCUT2D eigenvalue weighted by molar-refractivity contribution is 7.10. The summed E-state index contributed by atoms with van der Waals surface area (Å²) < 4.78 is 10.7. The van der Waals surface area contributed by atoms with Crippen LogP contribution in [0.2, 0.25) is 0 Å². The molecule has 3 aromatic carbocycles. The number of hydrogen-bond acceptors (Lipinski definition) is 6. The molecule has 0 saturated carbocycles. The quantitative estimate of drug-likeness (QED) is 0.338. The number of fused-ring (bicyclic) bond motifs is 1. The Morgan fingerprint density at radius 3 is 2.57 bits per heavy atom. The highest BCUT2D eigenvalue weighted by atomic mass is 32.1. The molecule has 2 heterocycles. The molecule has 7 heteroatoms. The summed E-state index contributed by atoms with van der Waals surface area (Å²) in [6.07, 6.45) is 0.197. The summed E-state index contributed by atoms with van der Waals surface area (Å²) in [5.41, 5.74) is 5.09. The molecule has 1 unspecified atom stereocenters. The van der Waals surface area contributed by atoms with E-state index >= 15 is 0 Å². The number of thiazole rings is 1. The molecule has 1 aliphatic heterocycles. The first-order chi connectivity index (χ1) is 17.0. The van der Waals surface area contributed by atoms with E-state index in [1.807, 2.05) is 53.9 Å². The van der Waals surface area contributed by atoms with Gasteiger partial charge < -0.3 is 14.4 Å². The highest BCUT2D eigenvalue weighted by Crippen LogP contribution is 2.38. The van der Waals surface area contributed by atoms with Crippen LogP contribution >= 0.6 is 11.3 Å². The van der Waals surface area contributed by atoms with E-state index in [4.69, 9.17) is 14.5 Å². The van der Waals surface area contributed by atoms with Gasteiger partial charge in [0.05, 0.1) is 35.6 Å². The van der Waals surface area contributed by atoms with Crippen molar-refractivity contribution in [3.05, 3.63) is 99.9 Å².